The zero-order valence-corrected chi connectivity index (χ0v) is 21.7. The Hall–Kier alpha value is -3.51. The first-order valence-corrected chi connectivity index (χ1v) is 14.7. The number of ether oxygens (including phenoxy) is 1. The lowest BCUT2D eigenvalue weighted by Gasteiger charge is -2.41. The summed E-state index contributed by atoms with van der Waals surface area (Å²) in [5.74, 6) is 0.794. The Labute approximate surface area is 217 Å². The molecule has 0 spiro atoms. The van der Waals surface area contributed by atoms with Crippen molar-refractivity contribution in [1.82, 2.24) is 15.0 Å². The summed E-state index contributed by atoms with van der Waals surface area (Å²) < 4.78 is 45.3. The van der Waals surface area contributed by atoms with E-state index in [1.165, 1.54) is 23.2 Å². The highest BCUT2D eigenvalue weighted by atomic mass is 32.2. The molecule has 2 aromatic heterocycles. The Morgan fingerprint density at radius 2 is 1.92 bits per heavy atom. The topological polar surface area (TPSA) is 101 Å². The molecule has 6 rings (SSSR count). The number of sulfone groups is 1. The van der Waals surface area contributed by atoms with Gasteiger partial charge in [-0.2, -0.15) is 0 Å². The Bertz CT molecular complexity index is 1540. The first-order valence-electron chi connectivity index (χ1n) is 12.0. The Morgan fingerprint density at radius 1 is 1.11 bits per heavy atom. The number of piperidine rings is 1. The van der Waals surface area contributed by atoms with Crippen LogP contribution in [0.4, 0.5) is 26.8 Å². The number of thiazole rings is 1. The average Bonchev–Trinajstić information content (AvgIpc) is 3.34. The van der Waals surface area contributed by atoms with Crippen molar-refractivity contribution in [3.8, 4) is 5.75 Å². The number of para-hydroxylation sites is 1. The molecular formula is C25H25FN6O3S2. The number of halogens is 1. The second-order valence-corrected chi connectivity index (χ2v) is 12.2. The second-order valence-electron chi connectivity index (χ2n) is 9.14. The third-order valence-electron chi connectivity index (χ3n) is 6.72. The number of nitrogens with one attached hydrogen (secondary N) is 1. The average molecular weight is 541 g/mol. The molecule has 9 nitrogen and oxygen atoms in total. The van der Waals surface area contributed by atoms with E-state index in [9.17, 15) is 12.8 Å². The molecule has 0 unspecified atom stereocenters. The van der Waals surface area contributed by atoms with Crippen molar-refractivity contribution >= 4 is 53.8 Å². The molecular weight excluding hydrogens is 515 g/mol. The summed E-state index contributed by atoms with van der Waals surface area (Å²) in [5, 5.41) is 4.01. The lowest BCUT2D eigenvalue weighted by atomic mass is 10.0. The maximum absolute atomic E-state index is 14.7. The molecule has 1 fully saturated rings. The molecule has 2 aromatic carbocycles. The largest absolute Gasteiger partial charge is 0.485 e. The van der Waals surface area contributed by atoms with E-state index in [1.807, 2.05) is 18.2 Å². The zero-order chi connectivity index (χ0) is 25.6. The number of hydrogen-bond acceptors (Lipinski definition) is 10. The van der Waals surface area contributed by atoms with Crippen LogP contribution in [0.1, 0.15) is 12.8 Å². The van der Waals surface area contributed by atoms with Gasteiger partial charge in [-0.15, -0.1) is 0 Å². The van der Waals surface area contributed by atoms with Gasteiger partial charge in [0.05, 0.1) is 27.3 Å². The SMILES string of the molecule is CS(=O)(=O)c1ccc(Nc2ncnc3c2OCCN3C2CCN(c3nc4ccccc4s3)CC2)c(F)c1. The minimum Gasteiger partial charge on any atom is -0.485 e. The van der Waals surface area contributed by atoms with E-state index >= 15 is 0 Å². The molecule has 2 aliphatic heterocycles. The number of rotatable bonds is 5. The molecule has 0 bridgehead atoms. The van der Waals surface area contributed by atoms with Crippen LogP contribution in [-0.2, 0) is 9.84 Å². The number of anilines is 4. The monoisotopic (exact) mass is 540 g/mol. The summed E-state index contributed by atoms with van der Waals surface area (Å²) in [6.07, 6.45) is 4.37. The Balaban J connectivity index is 1.19. The Morgan fingerprint density at radius 3 is 2.68 bits per heavy atom. The lowest BCUT2D eigenvalue weighted by molar-refractivity contribution is 0.291. The van der Waals surface area contributed by atoms with Gasteiger partial charge in [0.1, 0.15) is 18.8 Å². The van der Waals surface area contributed by atoms with Crippen molar-refractivity contribution in [2.24, 2.45) is 0 Å². The summed E-state index contributed by atoms with van der Waals surface area (Å²) in [6, 6.07) is 12.2. The van der Waals surface area contributed by atoms with E-state index < -0.39 is 15.7 Å². The van der Waals surface area contributed by atoms with Gasteiger partial charge in [-0.1, -0.05) is 23.5 Å². The summed E-state index contributed by atoms with van der Waals surface area (Å²) in [5.41, 5.74) is 1.14. The van der Waals surface area contributed by atoms with Crippen molar-refractivity contribution in [3.63, 3.8) is 0 Å². The van der Waals surface area contributed by atoms with Crippen LogP contribution in [0.3, 0.4) is 0 Å². The molecule has 4 heterocycles. The highest BCUT2D eigenvalue weighted by molar-refractivity contribution is 7.90. The molecule has 2 aliphatic rings. The number of aromatic nitrogens is 3. The molecule has 4 aromatic rings. The second kappa shape index (κ2) is 9.42. The van der Waals surface area contributed by atoms with E-state index in [1.54, 1.807) is 11.3 Å². The summed E-state index contributed by atoms with van der Waals surface area (Å²) in [6.45, 7) is 2.95. The molecule has 0 amide bonds. The van der Waals surface area contributed by atoms with Crippen LogP contribution in [0.2, 0.25) is 0 Å². The van der Waals surface area contributed by atoms with E-state index in [4.69, 9.17) is 9.72 Å². The zero-order valence-electron chi connectivity index (χ0n) is 20.1. The molecule has 1 N–H and O–H groups in total. The Kier molecular flexibility index (Phi) is 6.07. The minimum atomic E-state index is -3.51. The van der Waals surface area contributed by atoms with Crippen LogP contribution in [0, 0.1) is 5.82 Å². The fourth-order valence-corrected chi connectivity index (χ4v) is 6.47. The van der Waals surface area contributed by atoms with Gasteiger partial charge in [0.15, 0.2) is 26.6 Å². The van der Waals surface area contributed by atoms with Gasteiger partial charge in [-0.05, 0) is 43.2 Å². The fraction of sp³-hybridized carbons (Fsp3) is 0.320. The quantitative estimate of drug-likeness (QED) is 0.398. The van der Waals surface area contributed by atoms with Crippen molar-refractivity contribution in [3.05, 3.63) is 54.6 Å². The van der Waals surface area contributed by atoms with E-state index in [0.29, 0.717) is 30.5 Å². The van der Waals surface area contributed by atoms with Crippen LogP contribution in [0.5, 0.6) is 5.75 Å². The van der Waals surface area contributed by atoms with Crippen molar-refractivity contribution in [2.75, 3.05) is 47.6 Å². The molecule has 0 radical (unpaired) electrons. The number of fused-ring (bicyclic) bond motifs is 2. The number of nitrogens with zero attached hydrogens (tertiary/aromatic N) is 5. The van der Waals surface area contributed by atoms with Crippen LogP contribution in [0.25, 0.3) is 10.2 Å². The molecule has 0 aliphatic carbocycles. The van der Waals surface area contributed by atoms with Gasteiger partial charge in [0.25, 0.3) is 0 Å². The van der Waals surface area contributed by atoms with Gasteiger partial charge in [-0.25, -0.2) is 27.8 Å². The molecule has 12 heteroatoms. The first-order chi connectivity index (χ1) is 17.9. The van der Waals surface area contributed by atoms with E-state index in [2.05, 4.69) is 31.2 Å². The normalized spacial score (nSPS) is 16.5. The van der Waals surface area contributed by atoms with Crippen molar-refractivity contribution < 1.29 is 17.5 Å². The molecule has 192 valence electrons. The van der Waals surface area contributed by atoms with Crippen molar-refractivity contribution in [2.45, 2.75) is 23.8 Å². The lowest BCUT2D eigenvalue weighted by Crippen LogP contribution is -2.48. The smallest absolute Gasteiger partial charge is 0.205 e. The third-order valence-corrected chi connectivity index (χ3v) is 8.92. The van der Waals surface area contributed by atoms with E-state index in [0.717, 1.165) is 48.9 Å². The number of hydrogen-bond donors (Lipinski definition) is 1. The third kappa shape index (κ3) is 4.66. The highest BCUT2D eigenvalue weighted by Gasteiger charge is 2.32. The van der Waals surface area contributed by atoms with Crippen LogP contribution >= 0.6 is 11.3 Å². The molecule has 37 heavy (non-hydrogen) atoms. The van der Waals surface area contributed by atoms with Crippen LogP contribution in [0.15, 0.2) is 53.7 Å². The maximum atomic E-state index is 14.7. The first kappa shape index (κ1) is 23.9. The van der Waals surface area contributed by atoms with Gasteiger partial charge in [0, 0.05) is 25.4 Å². The van der Waals surface area contributed by atoms with Crippen molar-refractivity contribution in [1.29, 1.82) is 0 Å². The predicted octanol–water partition coefficient (Wildman–Crippen LogP) is 4.24. The van der Waals surface area contributed by atoms with Crippen LogP contribution in [-0.4, -0.2) is 61.9 Å². The number of benzene rings is 2. The maximum Gasteiger partial charge on any atom is 0.205 e. The molecule has 0 saturated carbocycles. The summed E-state index contributed by atoms with van der Waals surface area (Å²) in [7, 11) is -3.51. The van der Waals surface area contributed by atoms with Gasteiger partial charge >= 0.3 is 0 Å². The molecule has 1 saturated heterocycles. The van der Waals surface area contributed by atoms with Gasteiger partial charge < -0.3 is 19.9 Å². The minimum absolute atomic E-state index is 0.0834. The fourth-order valence-electron chi connectivity index (χ4n) is 4.82. The van der Waals surface area contributed by atoms with Gasteiger partial charge in [-0.3, -0.25) is 0 Å². The van der Waals surface area contributed by atoms with E-state index in [-0.39, 0.29) is 16.6 Å². The summed E-state index contributed by atoms with van der Waals surface area (Å²) >= 11 is 1.72. The predicted molar refractivity (Wildman–Crippen MR) is 143 cm³/mol. The molecule has 0 atom stereocenters. The standard InChI is InChI=1S/C25H25FN6O3S2/c1-37(33,34)17-6-7-19(18(26)14-17)29-23-22-24(28-15-27-23)32(12-13-35-22)16-8-10-31(11-9-16)25-30-20-4-2-3-5-21(20)36-25/h2-7,14-16H,8-13H2,1H3,(H,27,28,29). The highest BCUT2D eigenvalue weighted by Crippen LogP contribution is 2.39. The summed E-state index contributed by atoms with van der Waals surface area (Å²) in [4.78, 5) is 18.1. The van der Waals surface area contributed by atoms with Gasteiger partial charge in [0.2, 0.25) is 5.75 Å². The van der Waals surface area contributed by atoms with Crippen LogP contribution < -0.4 is 19.9 Å².